The molecule has 11 heteroatoms. The molecule has 4 rings (SSSR count). The number of amides is 1. The number of hydrogen-bond donors (Lipinski definition) is 1. The largest absolute Gasteiger partial charge is 0.487 e. The summed E-state index contributed by atoms with van der Waals surface area (Å²) in [5, 5.41) is 2.73. The van der Waals surface area contributed by atoms with Gasteiger partial charge in [0.05, 0.1) is 5.56 Å². The van der Waals surface area contributed by atoms with Crippen molar-refractivity contribution in [1.29, 1.82) is 0 Å². The molecule has 8 nitrogen and oxygen atoms in total. The summed E-state index contributed by atoms with van der Waals surface area (Å²) >= 11 is 4.77. The predicted octanol–water partition coefficient (Wildman–Crippen LogP) is 3.71. The molecule has 172 valence electrons. The average molecular weight is 475 g/mol. The minimum absolute atomic E-state index is 0.127. The number of carbonyl (C=O) groups excluding carboxylic acids is 1. The van der Waals surface area contributed by atoms with Crippen molar-refractivity contribution in [1.82, 2.24) is 19.9 Å². The zero-order chi connectivity index (χ0) is 23.4. The molecule has 0 radical (unpaired) electrons. The van der Waals surface area contributed by atoms with E-state index in [4.69, 9.17) is 11.6 Å². The minimum Gasteiger partial charge on any atom is -0.420 e. The van der Waals surface area contributed by atoms with Gasteiger partial charge in [-0.3, -0.25) is 4.79 Å². The summed E-state index contributed by atoms with van der Waals surface area (Å²) in [5.41, 5.74) is -1.57. The number of anilines is 2. The van der Waals surface area contributed by atoms with Crippen LogP contribution in [0.25, 0.3) is 11.1 Å². The van der Waals surface area contributed by atoms with E-state index in [0.717, 1.165) is 43.1 Å². The molecule has 3 aromatic rings. The molecular formula is C22H21ClF2N6O2. The Morgan fingerprint density at radius 2 is 1.76 bits per heavy atom. The fourth-order valence-electron chi connectivity index (χ4n) is 3.45. The van der Waals surface area contributed by atoms with Gasteiger partial charge in [-0.05, 0) is 37.4 Å². The van der Waals surface area contributed by atoms with E-state index in [9.17, 15) is 13.6 Å². The van der Waals surface area contributed by atoms with Gasteiger partial charge in [0.15, 0.2) is 0 Å². The van der Waals surface area contributed by atoms with Crippen molar-refractivity contribution in [3.63, 3.8) is 0 Å². The zero-order valence-electron chi connectivity index (χ0n) is 17.7. The van der Waals surface area contributed by atoms with E-state index in [2.05, 4.69) is 41.9 Å². The van der Waals surface area contributed by atoms with Gasteiger partial charge in [-0.25, -0.2) is 15.0 Å². The summed E-state index contributed by atoms with van der Waals surface area (Å²) in [6.45, 7) is 3.44. The molecule has 0 spiro atoms. The third-order valence-electron chi connectivity index (χ3n) is 5.15. The molecule has 33 heavy (non-hydrogen) atoms. The second-order valence-corrected chi connectivity index (χ2v) is 7.98. The first-order chi connectivity index (χ1) is 15.8. The Balaban J connectivity index is 1.57. The summed E-state index contributed by atoms with van der Waals surface area (Å²) in [5.74, 6) is 0.234. The van der Waals surface area contributed by atoms with E-state index in [0.29, 0.717) is 11.3 Å². The second-order valence-electron chi connectivity index (χ2n) is 7.54. The molecule has 2 aromatic heterocycles. The maximum atomic E-state index is 12.9. The molecule has 0 aliphatic carbocycles. The van der Waals surface area contributed by atoms with Gasteiger partial charge in [-0.15, -0.1) is 8.78 Å². The lowest BCUT2D eigenvalue weighted by Crippen LogP contribution is -2.45. The fraction of sp³-hybridized carbons (Fsp3) is 0.273. The first-order valence-corrected chi connectivity index (χ1v) is 10.5. The Morgan fingerprint density at radius 1 is 1.09 bits per heavy atom. The maximum absolute atomic E-state index is 12.9. The van der Waals surface area contributed by atoms with Crippen LogP contribution in [-0.2, 0) is 0 Å². The lowest BCUT2D eigenvalue weighted by atomic mass is 10.1. The van der Waals surface area contributed by atoms with E-state index < -0.39 is 11.5 Å². The van der Waals surface area contributed by atoms with Crippen LogP contribution in [0, 0.1) is 0 Å². The molecule has 0 unspecified atom stereocenters. The Labute approximate surface area is 194 Å². The molecule has 1 N–H and O–H groups in total. The van der Waals surface area contributed by atoms with Gasteiger partial charge >= 0.3 is 5.57 Å². The Morgan fingerprint density at radius 3 is 2.39 bits per heavy atom. The summed E-state index contributed by atoms with van der Waals surface area (Å²) in [6, 6.07) is 7.20. The van der Waals surface area contributed by atoms with Gasteiger partial charge in [0.1, 0.15) is 17.9 Å². The standard InChI is InChI=1S/C22H21ClF2N6O2/c1-30-6-8-31(9-7-30)20-19(16-11-26-14-27-12-16)10-15(13-28-20)21(32)29-17-2-4-18(5-3-17)33-22(23,24)25/h2-5,10-14H,6-9H2,1H3,(H,29,32). The fourth-order valence-corrected chi connectivity index (χ4v) is 3.53. The van der Waals surface area contributed by atoms with Crippen molar-refractivity contribution < 1.29 is 18.3 Å². The van der Waals surface area contributed by atoms with Gasteiger partial charge in [-0.2, -0.15) is 0 Å². The van der Waals surface area contributed by atoms with E-state index in [1.165, 1.54) is 36.8 Å². The zero-order valence-corrected chi connectivity index (χ0v) is 18.5. The minimum atomic E-state index is -3.81. The molecule has 1 saturated heterocycles. The highest BCUT2D eigenvalue weighted by molar-refractivity contribution is 6.20. The van der Waals surface area contributed by atoms with Crippen LogP contribution in [0.4, 0.5) is 20.3 Å². The van der Waals surface area contributed by atoms with Gasteiger partial charge in [-0.1, -0.05) is 0 Å². The SMILES string of the molecule is CN1CCN(c2ncc(C(=O)Nc3ccc(OC(F)(F)Cl)cc3)cc2-c2cncnc2)CC1. The lowest BCUT2D eigenvalue weighted by molar-refractivity contribution is -0.0964. The van der Waals surface area contributed by atoms with E-state index in [1.807, 2.05) is 0 Å². The van der Waals surface area contributed by atoms with Crippen LogP contribution in [0.2, 0.25) is 0 Å². The number of rotatable bonds is 6. The number of ether oxygens (including phenoxy) is 1. The number of piperazine rings is 1. The van der Waals surface area contributed by atoms with Crippen LogP contribution in [0.1, 0.15) is 10.4 Å². The summed E-state index contributed by atoms with van der Waals surface area (Å²) in [7, 11) is 2.07. The molecule has 1 fully saturated rings. The Bertz CT molecular complexity index is 1100. The smallest absolute Gasteiger partial charge is 0.420 e. The van der Waals surface area contributed by atoms with E-state index in [1.54, 1.807) is 18.5 Å². The molecule has 0 atom stereocenters. The number of pyridine rings is 1. The van der Waals surface area contributed by atoms with Gasteiger partial charge in [0, 0.05) is 73.2 Å². The number of alkyl halides is 3. The lowest BCUT2D eigenvalue weighted by Gasteiger charge is -2.34. The quantitative estimate of drug-likeness (QED) is 0.545. The van der Waals surface area contributed by atoms with Crippen LogP contribution in [0.3, 0.4) is 0 Å². The van der Waals surface area contributed by atoms with Crippen LogP contribution in [0.5, 0.6) is 5.75 Å². The van der Waals surface area contributed by atoms with Crippen LogP contribution in [-0.4, -0.2) is 64.6 Å². The van der Waals surface area contributed by atoms with E-state index in [-0.39, 0.29) is 5.75 Å². The molecule has 3 heterocycles. The maximum Gasteiger partial charge on any atom is 0.487 e. The highest BCUT2D eigenvalue weighted by atomic mass is 35.5. The number of nitrogens with one attached hydrogen (secondary N) is 1. The third-order valence-corrected chi connectivity index (χ3v) is 5.23. The topological polar surface area (TPSA) is 83.5 Å². The monoisotopic (exact) mass is 474 g/mol. The number of carbonyl (C=O) groups is 1. The molecule has 1 amide bonds. The van der Waals surface area contributed by atoms with Gasteiger partial charge in [0.2, 0.25) is 0 Å². The molecule has 0 bridgehead atoms. The number of likely N-dealkylation sites (N-methyl/N-ethyl adjacent to an activating group) is 1. The predicted molar refractivity (Wildman–Crippen MR) is 121 cm³/mol. The van der Waals surface area contributed by atoms with Crippen molar-refractivity contribution >= 4 is 29.0 Å². The second kappa shape index (κ2) is 9.63. The number of benzene rings is 1. The van der Waals surface area contributed by atoms with Crippen LogP contribution >= 0.6 is 11.6 Å². The molecular weight excluding hydrogens is 454 g/mol. The normalized spacial score (nSPS) is 14.7. The van der Waals surface area contributed by atoms with Crippen LogP contribution in [0.15, 0.2) is 55.2 Å². The van der Waals surface area contributed by atoms with Gasteiger partial charge in [0.25, 0.3) is 5.91 Å². The summed E-state index contributed by atoms with van der Waals surface area (Å²) in [6.07, 6.45) is 6.31. The molecule has 0 saturated carbocycles. The average Bonchev–Trinajstić information content (AvgIpc) is 2.80. The first-order valence-electron chi connectivity index (χ1n) is 10.1. The molecule has 1 aliphatic rings. The Hall–Kier alpha value is -3.37. The number of halogens is 3. The highest BCUT2D eigenvalue weighted by Crippen LogP contribution is 2.30. The molecule has 1 aromatic carbocycles. The molecule has 1 aliphatic heterocycles. The third kappa shape index (κ3) is 5.91. The van der Waals surface area contributed by atoms with Crippen LogP contribution < -0.4 is 15.0 Å². The first kappa shape index (κ1) is 22.8. The van der Waals surface area contributed by atoms with Crippen molar-refractivity contribution in [3.8, 4) is 16.9 Å². The van der Waals surface area contributed by atoms with Crippen molar-refractivity contribution in [2.45, 2.75) is 5.57 Å². The number of aromatic nitrogens is 3. The van der Waals surface area contributed by atoms with E-state index >= 15 is 0 Å². The van der Waals surface area contributed by atoms with Gasteiger partial charge < -0.3 is 19.9 Å². The number of nitrogens with zero attached hydrogens (tertiary/aromatic N) is 5. The summed E-state index contributed by atoms with van der Waals surface area (Å²) in [4.78, 5) is 30.1. The highest BCUT2D eigenvalue weighted by Gasteiger charge is 2.27. The number of hydrogen-bond acceptors (Lipinski definition) is 7. The summed E-state index contributed by atoms with van der Waals surface area (Å²) < 4.78 is 29.8. The van der Waals surface area contributed by atoms with Crippen molar-refractivity contribution in [3.05, 3.63) is 60.8 Å². The van der Waals surface area contributed by atoms with Crippen molar-refractivity contribution in [2.24, 2.45) is 0 Å². The van der Waals surface area contributed by atoms with Crippen molar-refractivity contribution in [2.75, 3.05) is 43.4 Å². The Kier molecular flexibility index (Phi) is 6.66.